The molecule has 6 heteroatoms. The highest BCUT2D eigenvalue weighted by molar-refractivity contribution is 5.87. The van der Waals surface area contributed by atoms with E-state index in [4.69, 9.17) is 9.84 Å². The number of hydrogen-bond donors (Lipinski definition) is 1. The molecule has 1 aromatic heterocycles. The van der Waals surface area contributed by atoms with Crippen LogP contribution in [0, 0.1) is 0 Å². The van der Waals surface area contributed by atoms with Crippen molar-refractivity contribution in [3.8, 4) is 22.7 Å². The number of nitrogens with zero attached hydrogens (tertiary/aromatic N) is 3. The number of benzene rings is 2. The second-order valence-corrected chi connectivity index (χ2v) is 4.83. The van der Waals surface area contributed by atoms with E-state index in [1.165, 1.54) is 12.1 Å². The van der Waals surface area contributed by atoms with E-state index >= 15 is 0 Å². The van der Waals surface area contributed by atoms with Gasteiger partial charge in [-0.1, -0.05) is 17.3 Å². The van der Waals surface area contributed by atoms with Gasteiger partial charge in [-0.15, -0.1) is 5.10 Å². The summed E-state index contributed by atoms with van der Waals surface area (Å²) in [5.41, 5.74) is 2.53. The zero-order valence-corrected chi connectivity index (χ0v) is 12.5. The lowest BCUT2D eigenvalue weighted by atomic mass is 10.1. The number of carboxylic acids is 1. The summed E-state index contributed by atoms with van der Waals surface area (Å²) in [6.45, 7) is 2.50. The molecule has 0 unspecified atom stereocenters. The van der Waals surface area contributed by atoms with Crippen LogP contribution in [0.15, 0.2) is 54.7 Å². The van der Waals surface area contributed by atoms with Crippen LogP contribution in [0.2, 0.25) is 0 Å². The minimum Gasteiger partial charge on any atom is -0.493 e. The van der Waals surface area contributed by atoms with Gasteiger partial charge in [0.25, 0.3) is 0 Å². The smallest absolute Gasteiger partial charge is 0.335 e. The highest BCUT2D eigenvalue weighted by Gasteiger charge is 2.11. The molecule has 2 aromatic carbocycles. The lowest BCUT2D eigenvalue weighted by molar-refractivity contribution is 0.0697. The maximum Gasteiger partial charge on any atom is 0.335 e. The summed E-state index contributed by atoms with van der Waals surface area (Å²) in [6.07, 6.45) is 1.79. The van der Waals surface area contributed by atoms with Crippen molar-refractivity contribution in [1.29, 1.82) is 0 Å². The Balaban J connectivity index is 1.93. The van der Waals surface area contributed by atoms with Crippen LogP contribution >= 0.6 is 0 Å². The summed E-state index contributed by atoms with van der Waals surface area (Å²) in [5.74, 6) is -0.204. The van der Waals surface area contributed by atoms with Gasteiger partial charge in [-0.2, -0.15) is 0 Å². The molecule has 0 saturated heterocycles. The van der Waals surface area contributed by atoms with Gasteiger partial charge in [-0.25, -0.2) is 9.48 Å². The van der Waals surface area contributed by atoms with E-state index < -0.39 is 5.97 Å². The first-order chi connectivity index (χ1) is 11.2. The minimum atomic E-state index is -0.957. The molecule has 0 amide bonds. The second kappa shape index (κ2) is 6.31. The first kappa shape index (κ1) is 14.8. The first-order valence-electron chi connectivity index (χ1n) is 7.17. The predicted octanol–water partition coefficient (Wildman–Crippen LogP) is 3.03. The molecule has 0 radical (unpaired) electrons. The van der Waals surface area contributed by atoms with Crippen molar-refractivity contribution in [3.63, 3.8) is 0 Å². The second-order valence-electron chi connectivity index (χ2n) is 4.83. The minimum absolute atomic E-state index is 0.232. The summed E-state index contributed by atoms with van der Waals surface area (Å²) in [6, 6.07) is 14.1. The number of ether oxygens (including phenoxy) is 1. The molecule has 6 nitrogen and oxygen atoms in total. The highest BCUT2D eigenvalue weighted by Crippen LogP contribution is 2.28. The molecule has 116 valence electrons. The maximum atomic E-state index is 10.9. The lowest BCUT2D eigenvalue weighted by Gasteiger charge is -2.06. The van der Waals surface area contributed by atoms with Crippen molar-refractivity contribution in [1.82, 2.24) is 15.0 Å². The first-order valence-corrected chi connectivity index (χ1v) is 7.17. The third-order valence-corrected chi connectivity index (χ3v) is 3.34. The van der Waals surface area contributed by atoms with E-state index in [-0.39, 0.29) is 5.56 Å². The molecule has 0 spiro atoms. The molecule has 0 aliphatic rings. The van der Waals surface area contributed by atoms with Gasteiger partial charge in [0.15, 0.2) is 0 Å². The average Bonchev–Trinajstić information content (AvgIpc) is 3.05. The monoisotopic (exact) mass is 309 g/mol. The Morgan fingerprint density at radius 3 is 2.61 bits per heavy atom. The normalized spacial score (nSPS) is 10.5. The highest BCUT2D eigenvalue weighted by atomic mass is 16.5. The summed E-state index contributed by atoms with van der Waals surface area (Å²) in [4.78, 5) is 10.9. The van der Waals surface area contributed by atoms with Crippen molar-refractivity contribution in [2.75, 3.05) is 6.61 Å². The largest absolute Gasteiger partial charge is 0.493 e. The van der Waals surface area contributed by atoms with Crippen molar-refractivity contribution in [2.24, 2.45) is 0 Å². The number of rotatable bonds is 5. The number of aromatic nitrogens is 3. The Hall–Kier alpha value is -3.15. The molecular weight excluding hydrogens is 294 g/mol. The topological polar surface area (TPSA) is 77.2 Å². The van der Waals surface area contributed by atoms with Gasteiger partial charge in [0, 0.05) is 5.56 Å². The fraction of sp³-hybridized carbons (Fsp3) is 0.118. The fourth-order valence-corrected chi connectivity index (χ4v) is 2.23. The van der Waals surface area contributed by atoms with Gasteiger partial charge in [0.05, 0.1) is 24.1 Å². The lowest BCUT2D eigenvalue weighted by Crippen LogP contribution is -1.98. The van der Waals surface area contributed by atoms with Gasteiger partial charge in [-0.3, -0.25) is 0 Å². The van der Waals surface area contributed by atoms with Crippen LogP contribution in [0.25, 0.3) is 16.9 Å². The fourth-order valence-electron chi connectivity index (χ4n) is 2.23. The molecule has 0 saturated carbocycles. The molecule has 0 aliphatic heterocycles. The van der Waals surface area contributed by atoms with Crippen LogP contribution in [-0.2, 0) is 0 Å². The van der Waals surface area contributed by atoms with E-state index in [9.17, 15) is 4.79 Å². The number of aromatic carboxylic acids is 1. The number of carbonyl (C=O) groups is 1. The molecule has 1 N–H and O–H groups in total. The summed E-state index contributed by atoms with van der Waals surface area (Å²) >= 11 is 0. The average molecular weight is 309 g/mol. The van der Waals surface area contributed by atoms with Gasteiger partial charge in [-0.05, 0) is 43.3 Å². The SMILES string of the molecule is CCOc1ccccc1-c1cn(-c2ccc(C(=O)O)cc2)nn1. The Kier molecular flexibility index (Phi) is 4.05. The molecule has 3 aromatic rings. The predicted molar refractivity (Wildman–Crippen MR) is 84.9 cm³/mol. The van der Waals surface area contributed by atoms with Crippen molar-refractivity contribution in [2.45, 2.75) is 6.92 Å². The van der Waals surface area contributed by atoms with E-state index in [2.05, 4.69) is 10.3 Å². The zero-order valence-electron chi connectivity index (χ0n) is 12.5. The summed E-state index contributed by atoms with van der Waals surface area (Å²) in [7, 11) is 0. The molecule has 0 atom stereocenters. The number of carboxylic acid groups (broad SMARTS) is 1. The van der Waals surface area contributed by atoms with Crippen LogP contribution in [0.1, 0.15) is 17.3 Å². The Bertz CT molecular complexity index is 825. The number of hydrogen-bond acceptors (Lipinski definition) is 4. The van der Waals surface area contributed by atoms with E-state index in [0.717, 1.165) is 17.0 Å². The molecule has 0 aliphatic carbocycles. The quantitative estimate of drug-likeness (QED) is 0.784. The third-order valence-electron chi connectivity index (χ3n) is 3.34. The van der Waals surface area contributed by atoms with Crippen LogP contribution in [0.4, 0.5) is 0 Å². The van der Waals surface area contributed by atoms with Gasteiger partial charge in [0.2, 0.25) is 0 Å². The van der Waals surface area contributed by atoms with Crippen molar-refractivity contribution < 1.29 is 14.6 Å². The van der Waals surface area contributed by atoms with Crippen molar-refractivity contribution in [3.05, 3.63) is 60.3 Å². The van der Waals surface area contributed by atoms with Crippen LogP contribution < -0.4 is 4.74 Å². The molecule has 0 bridgehead atoms. The van der Waals surface area contributed by atoms with Crippen molar-refractivity contribution >= 4 is 5.97 Å². The third kappa shape index (κ3) is 3.06. The molecule has 3 rings (SSSR count). The van der Waals surface area contributed by atoms with E-state index in [1.54, 1.807) is 23.0 Å². The van der Waals surface area contributed by atoms with Gasteiger partial charge < -0.3 is 9.84 Å². The Morgan fingerprint density at radius 2 is 1.91 bits per heavy atom. The molecule has 1 heterocycles. The molecular formula is C17H15N3O3. The Morgan fingerprint density at radius 1 is 1.17 bits per heavy atom. The summed E-state index contributed by atoms with van der Waals surface area (Å²) in [5, 5.41) is 17.2. The van der Waals surface area contributed by atoms with Gasteiger partial charge >= 0.3 is 5.97 Å². The van der Waals surface area contributed by atoms with Crippen LogP contribution in [-0.4, -0.2) is 32.7 Å². The van der Waals surface area contributed by atoms with E-state index in [0.29, 0.717) is 12.3 Å². The van der Waals surface area contributed by atoms with Gasteiger partial charge in [0.1, 0.15) is 11.4 Å². The Labute approximate surface area is 133 Å². The van der Waals surface area contributed by atoms with E-state index in [1.807, 2.05) is 31.2 Å². The standard InChI is InChI=1S/C17H15N3O3/c1-2-23-16-6-4-3-5-14(16)15-11-20(19-18-15)13-9-7-12(8-10-13)17(21)22/h3-11H,2H2,1H3,(H,21,22). The zero-order chi connectivity index (χ0) is 16.2. The molecule has 23 heavy (non-hydrogen) atoms. The van der Waals surface area contributed by atoms with Crippen LogP contribution in [0.5, 0.6) is 5.75 Å². The summed E-state index contributed by atoms with van der Waals surface area (Å²) < 4.78 is 7.21. The molecule has 0 fully saturated rings. The van der Waals surface area contributed by atoms with Crippen LogP contribution in [0.3, 0.4) is 0 Å². The maximum absolute atomic E-state index is 10.9. The number of para-hydroxylation sites is 1.